The summed E-state index contributed by atoms with van der Waals surface area (Å²) in [6.45, 7) is 6.76. The van der Waals surface area contributed by atoms with Gasteiger partial charge in [0.05, 0.1) is 13.2 Å². The summed E-state index contributed by atoms with van der Waals surface area (Å²) in [5.74, 6) is 0. The average molecular weight is 308 g/mol. The Morgan fingerprint density at radius 2 is 1.41 bits per heavy atom. The first-order valence-electron chi connectivity index (χ1n) is 7.38. The smallest absolute Gasteiger partial charge is 0.407 e. The quantitative estimate of drug-likeness (QED) is 0.811. The van der Waals surface area contributed by atoms with Crippen LogP contribution in [-0.4, -0.2) is 38.5 Å². The van der Waals surface area contributed by atoms with Gasteiger partial charge in [0.2, 0.25) is 0 Å². The van der Waals surface area contributed by atoms with E-state index in [1.54, 1.807) is 13.8 Å². The van der Waals surface area contributed by atoms with Gasteiger partial charge in [0, 0.05) is 18.5 Å². The molecule has 0 saturated carbocycles. The minimum atomic E-state index is -0.471. The fourth-order valence-corrected chi connectivity index (χ4v) is 2.01. The molecule has 0 heterocycles. The highest BCUT2D eigenvalue weighted by molar-refractivity contribution is 5.68. The minimum Gasteiger partial charge on any atom is -0.450 e. The second-order valence-electron chi connectivity index (χ2n) is 5.07. The third-order valence-electron chi connectivity index (χ3n) is 3.27. The summed E-state index contributed by atoms with van der Waals surface area (Å²) in [7, 11) is 0. The molecule has 0 spiro atoms. The van der Waals surface area contributed by atoms with Crippen LogP contribution < -0.4 is 10.6 Å². The van der Waals surface area contributed by atoms with E-state index in [-0.39, 0.29) is 0 Å². The zero-order valence-electron chi connectivity index (χ0n) is 13.3. The Morgan fingerprint density at radius 3 is 1.82 bits per heavy atom. The molecule has 122 valence electrons. The first-order valence-corrected chi connectivity index (χ1v) is 7.38. The van der Waals surface area contributed by atoms with Crippen molar-refractivity contribution in [2.75, 3.05) is 26.3 Å². The van der Waals surface area contributed by atoms with Gasteiger partial charge in [-0.3, -0.25) is 0 Å². The number of rotatable bonds is 7. The highest BCUT2D eigenvalue weighted by Gasteiger charge is 2.28. The summed E-state index contributed by atoms with van der Waals surface area (Å²) in [5.41, 5.74) is 0.532. The Bertz CT molecular complexity index is 454. The van der Waals surface area contributed by atoms with Crippen LogP contribution in [-0.2, 0) is 14.9 Å². The van der Waals surface area contributed by atoms with E-state index in [2.05, 4.69) is 10.6 Å². The van der Waals surface area contributed by atoms with Crippen LogP contribution >= 0.6 is 0 Å². The average Bonchev–Trinajstić information content (AvgIpc) is 2.52. The predicted octanol–water partition coefficient (Wildman–Crippen LogP) is 2.44. The van der Waals surface area contributed by atoms with Gasteiger partial charge >= 0.3 is 12.2 Å². The molecule has 0 unspecified atom stereocenters. The number of ether oxygens (including phenoxy) is 2. The number of hydrogen-bond donors (Lipinski definition) is 2. The van der Waals surface area contributed by atoms with E-state index < -0.39 is 17.6 Å². The van der Waals surface area contributed by atoms with Gasteiger partial charge in [-0.15, -0.1) is 0 Å². The van der Waals surface area contributed by atoms with Crippen LogP contribution in [0.4, 0.5) is 9.59 Å². The maximum atomic E-state index is 11.5. The second kappa shape index (κ2) is 8.92. The first kappa shape index (κ1) is 17.8. The van der Waals surface area contributed by atoms with Crippen LogP contribution in [0.1, 0.15) is 26.3 Å². The lowest BCUT2D eigenvalue weighted by molar-refractivity contribution is 0.146. The second-order valence-corrected chi connectivity index (χ2v) is 5.07. The standard InChI is InChI=1S/C16H24N2O4/c1-4-21-14(19)17-11-16(3,12-18-15(20)22-5-2)13-9-7-6-8-10-13/h6-10H,4-5,11-12H2,1-3H3,(H,17,19)(H,18,20). The summed E-state index contributed by atoms with van der Waals surface area (Å²) >= 11 is 0. The van der Waals surface area contributed by atoms with Crippen molar-refractivity contribution < 1.29 is 19.1 Å². The lowest BCUT2D eigenvalue weighted by Gasteiger charge is -2.30. The predicted molar refractivity (Wildman–Crippen MR) is 83.8 cm³/mol. The van der Waals surface area contributed by atoms with E-state index in [4.69, 9.17) is 9.47 Å². The van der Waals surface area contributed by atoms with E-state index in [1.165, 1.54) is 0 Å². The summed E-state index contributed by atoms with van der Waals surface area (Å²) in [5, 5.41) is 5.45. The Balaban J connectivity index is 2.76. The molecule has 6 heteroatoms. The zero-order chi connectivity index (χ0) is 16.4. The molecule has 1 rings (SSSR count). The van der Waals surface area contributed by atoms with Gasteiger partial charge in [0.25, 0.3) is 0 Å². The van der Waals surface area contributed by atoms with Crippen LogP contribution in [0.25, 0.3) is 0 Å². The van der Waals surface area contributed by atoms with Crippen molar-refractivity contribution in [3.63, 3.8) is 0 Å². The normalized spacial score (nSPS) is 10.7. The molecule has 0 aliphatic heterocycles. The third-order valence-corrected chi connectivity index (χ3v) is 3.27. The summed E-state index contributed by atoms with van der Waals surface area (Å²) in [6.07, 6.45) is -0.943. The monoisotopic (exact) mass is 308 g/mol. The Morgan fingerprint density at radius 1 is 0.955 bits per heavy atom. The van der Waals surface area contributed by atoms with E-state index in [0.29, 0.717) is 26.3 Å². The largest absolute Gasteiger partial charge is 0.450 e. The van der Waals surface area contributed by atoms with Crippen LogP contribution in [0, 0.1) is 0 Å². The van der Waals surface area contributed by atoms with Crippen LogP contribution in [0.3, 0.4) is 0 Å². The van der Waals surface area contributed by atoms with E-state index in [9.17, 15) is 9.59 Å². The fraction of sp³-hybridized carbons (Fsp3) is 0.500. The molecule has 2 amide bonds. The number of benzene rings is 1. The molecule has 22 heavy (non-hydrogen) atoms. The number of amides is 2. The van der Waals surface area contributed by atoms with Gasteiger partial charge in [-0.1, -0.05) is 37.3 Å². The maximum Gasteiger partial charge on any atom is 0.407 e. The van der Waals surface area contributed by atoms with Crippen molar-refractivity contribution in [2.45, 2.75) is 26.2 Å². The molecule has 6 nitrogen and oxygen atoms in total. The number of carbonyl (C=O) groups excluding carboxylic acids is 2. The van der Waals surface area contributed by atoms with Crippen molar-refractivity contribution in [3.05, 3.63) is 35.9 Å². The molecule has 0 fully saturated rings. The first-order chi connectivity index (χ1) is 10.5. The van der Waals surface area contributed by atoms with Crippen LogP contribution in [0.2, 0.25) is 0 Å². The van der Waals surface area contributed by atoms with Gasteiger partial charge in [-0.2, -0.15) is 0 Å². The molecular weight excluding hydrogens is 284 g/mol. The molecule has 1 aromatic rings. The van der Waals surface area contributed by atoms with Gasteiger partial charge < -0.3 is 20.1 Å². The highest BCUT2D eigenvalue weighted by Crippen LogP contribution is 2.22. The Hall–Kier alpha value is -2.24. The fourth-order valence-electron chi connectivity index (χ4n) is 2.01. The number of alkyl carbamates (subject to hydrolysis) is 2. The lowest BCUT2D eigenvalue weighted by atomic mass is 9.82. The van der Waals surface area contributed by atoms with E-state index in [0.717, 1.165) is 5.56 Å². The molecule has 0 aliphatic rings. The minimum absolute atomic E-state index is 0.314. The number of carbonyl (C=O) groups is 2. The zero-order valence-corrected chi connectivity index (χ0v) is 13.3. The molecule has 0 aromatic heterocycles. The summed E-state index contributed by atoms with van der Waals surface area (Å²) in [6, 6.07) is 9.67. The Kier molecular flexibility index (Phi) is 7.22. The number of nitrogens with one attached hydrogen (secondary N) is 2. The number of hydrogen-bond acceptors (Lipinski definition) is 4. The molecule has 0 atom stereocenters. The highest BCUT2D eigenvalue weighted by atomic mass is 16.6. The van der Waals surface area contributed by atoms with Crippen molar-refractivity contribution in [1.82, 2.24) is 10.6 Å². The summed E-state index contributed by atoms with van der Waals surface area (Å²) in [4.78, 5) is 23.0. The van der Waals surface area contributed by atoms with Gasteiger partial charge in [-0.05, 0) is 19.4 Å². The Labute approximate surface area is 131 Å². The molecule has 2 N–H and O–H groups in total. The summed E-state index contributed by atoms with van der Waals surface area (Å²) < 4.78 is 9.75. The topological polar surface area (TPSA) is 76.7 Å². The van der Waals surface area contributed by atoms with Crippen molar-refractivity contribution >= 4 is 12.2 Å². The SMILES string of the molecule is CCOC(=O)NCC(C)(CNC(=O)OCC)c1ccccc1. The maximum absolute atomic E-state index is 11.5. The molecular formula is C16H24N2O4. The van der Waals surface area contributed by atoms with Crippen molar-refractivity contribution in [2.24, 2.45) is 0 Å². The molecule has 1 aromatic carbocycles. The van der Waals surface area contributed by atoms with Crippen LogP contribution in [0.5, 0.6) is 0 Å². The lowest BCUT2D eigenvalue weighted by Crippen LogP contribution is -2.47. The van der Waals surface area contributed by atoms with Gasteiger partial charge in [0.15, 0.2) is 0 Å². The molecule has 0 saturated heterocycles. The van der Waals surface area contributed by atoms with Crippen LogP contribution in [0.15, 0.2) is 30.3 Å². The van der Waals surface area contributed by atoms with Crippen molar-refractivity contribution in [1.29, 1.82) is 0 Å². The van der Waals surface area contributed by atoms with E-state index in [1.807, 2.05) is 37.3 Å². The molecule has 0 bridgehead atoms. The van der Waals surface area contributed by atoms with Gasteiger partial charge in [-0.25, -0.2) is 9.59 Å². The molecule has 0 aliphatic carbocycles. The molecule has 0 radical (unpaired) electrons. The van der Waals surface area contributed by atoms with Crippen molar-refractivity contribution in [3.8, 4) is 0 Å². The third kappa shape index (κ3) is 5.63. The van der Waals surface area contributed by atoms with Gasteiger partial charge in [0.1, 0.15) is 0 Å². The van der Waals surface area contributed by atoms with E-state index >= 15 is 0 Å².